The lowest BCUT2D eigenvalue weighted by atomic mass is 10.2. The predicted molar refractivity (Wildman–Crippen MR) is 94.0 cm³/mol. The first-order valence-electron chi connectivity index (χ1n) is 7.59. The summed E-state index contributed by atoms with van der Waals surface area (Å²) in [6, 6.07) is 7.85. The number of H-pyrrole nitrogens is 1. The van der Waals surface area contributed by atoms with E-state index in [1.165, 1.54) is 12.1 Å². The SMILES string of the molecule is Cc1oc(NC(=O)CSc2n[nH]c(-c3ccc(F)cc3)n2)c(C#N)c1C. The lowest BCUT2D eigenvalue weighted by molar-refractivity contribution is -0.113. The number of nitriles is 1. The number of aryl methyl sites for hydroxylation is 1. The van der Waals surface area contributed by atoms with E-state index in [0.717, 1.165) is 11.8 Å². The van der Waals surface area contributed by atoms with Gasteiger partial charge in [-0.05, 0) is 38.1 Å². The quantitative estimate of drug-likeness (QED) is 0.665. The second-order valence-electron chi connectivity index (χ2n) is 5.41. The standard InChI is InChI=1S/C17H14FN5O2S/c1-9-10(2)25-16(13(9)7-19)20-14(24)8-26-17-21-15(22-23-17)11-3-5-12(18)6-4-11/h3-6H,8H2,1-2H3,(H,20,24)(H,21,22,23). The molecule has 2 N–H and O–H groups in total. The number of amides is 1. The van der Waals surface area contributed by atoms with Crippen LogP contribution in [-0.2, 0) is 4.79 Å². The molecule has 26 heavy (non-hydrogen) atoms. The first-order valence-corrected chi connectivity index (χ1v) is 8.57. The van der Waals surface area contributed by atoms with Gasteiger partial charge in [0, 0.05) is 11.1 Å². The van der Waals surface area contributed by atoms with Gasteiger partial charge in [-0.15, -0.1) is 5.10 Å². The van der Waals surface area contributed by atoms with Crippen molar-refractivity contribution in [3.8, 4) is 17.5 Å². The van der Waals surface area contributed by atoms with E-state index in [1.807, 2.05) is 6.07 Å². The summed E-state index contributed by atoms with van der Waals surface area (Å²) in [5.41, 5.74) is 1.71. The van der Waals surface area contributed by atoms with Gasteiger partial charge < -0.3 is 4.42 Å². The fourth-order valence-corrected chi connectivity index (χ4v) is 2.79. The molecule has 0 saturated carbocycles. The Morgan fingerprint density at radius 3 is 2.81 bits per heavy atom. The maximum atomic E-state index is 13.0. The fourth-order valence-electron chi connectivity index (χ4n) is 2.19. The predicted octanol–water partition coefficient (Wildman–Crippen LogP) is 3.42. The van der Waals surface area contributed by atoms with Crippen molar-refractivity contribution in [3.05, 3.63) is 47.0 Å². The molecule has 3 aromatic rings. The number of furan rings is 1. The van der Waals surface area contributed by atoms with Gasteiger partial charge in [-0.1, -0.05) is 11.8 Å². The van der Waals surface area contributed by atoms with E-state index in [9.17, 15) is 9.18 Å². The summed E-state index contributed by atoms with van der Waals surface area (Å²) in [6.07, 6.45) is 0. The molecule has 0 bridgehead atoms. The molecule has 0 aliphatic heterocycles. The van der Waals surface area contributed by atoms with Crippen LogP contribution in [0.2, 0.25) is 0 Å². The van der Waals surface area contributed by atoms with Crippen molar-refractivity contribution in [3.63, 3.8) is 0 Å². The average Bonchev–Trinajstić information content (AvgIpc) is 3.19. The van der Waals surface area contributed by atoms with Gasteiger partial charge in [0.05, 0.1) is 5.75 Å². The molecule has 0 aliphatic carbocycles. The average molecular weight is 371 g/mol. The Kier molecular flexibility index (Phi) is 5.04. The number of nitrogens with one attached hydrogen (secondary N) is 2. The molecule has 2 heterocycles. The van der Waals surface area contributed by atoms with E-state index < -0.39 is 0 Å². The second kappa shape index (κ2) is 7.41. The monoisotopic (exact) mass is 371 g/mol. The zero-order valence-electron chi connectivity index (χ0n) is 14.0. The zero-order chi connectivity index (χ0) is 18.7. The zero-order valence-corrected chi connectivity index (χ0v) is 14.8. The largest absolute Gasteiger partial charge is 0.444 e. The molecule has 0 radical (unpaired) electrons. The Bertz CT molecular complexity index is 988. The smallest absolute Gasteiger partial charge is 0.237 e. The van der Waals surface area contributed by atoms with E-state index in [2.05, 4.69) is 20.5 Å². The summed E-state index contributed by atoms with van der Waals surface area (Å²) >= 11 is 1.13. The van der Waals surface area contributed by atoms with Crippen LogP contribution in [0.5, 0.6) is 0 Å². The van der Waals surface area contributed by atoms with E-state index in [4.69, 9.17) is 9.68 Å². The van der Waals surface area contributed by atoms with Gasteiger partial charge in [0.15, 0.2) is 5.82 Å². The van der Waals surface area contributed by atoms with Crippen molar-refractivity contribution in [2.75, 3.05) is 11.1 Å². The molecule has 0 unspecified atom stereocenters. The highest BCUT2D eigenvalue weighted by Gasteiger charge is 2.17. The minimum absolute atomic E-state index is 0.0460. The molecule has 132 valence electrons. The van der Waals surface area contributed by atoms with Crippen molar-refractivity contribution < 1.29 is 13.6 Å². The van der Waals surface area contributed by atoms with Gasteiger partial charge in [0.2, 0.25) is 16.9 Å². The van der Waals surface area contributed by atoms with Gasteiger partial charge in [-0.25, -0.2) is 9.37 Å². The number of carbonyl (C=O) groups excluding carboxylic acids is 1. The minimum atomic E-state index is -0.339. The van der Waals surface area contributed by atoms with Crippen molar-refractivity contribution in [1.82, 2.24) is 15.2 Å². The lowest BCUT2D eigenvalue weighted by Gasteiger charge is -2.00. The first-order chi connectivity index (χ1) is 12.5. The number of aromatic amines is 1. The van der Waals surface area contributed by atoms with Gasteiger partial charge in [0.1, 0.15) is 23.2 Å². The normalized spacial score (nSPS) is 10.5. The van der Waals surface area contributed by atoms with Crippen LogP contribution in [0.25, 0.3) is 11.4 Å². The van der Waals surface area contributed by atoms with E-state index in [-0.39, 0.29) is 23.4 Å². The maximum Gasteiger partial charge on any atom is 0.237 e. The molecule has 3 rings (SSSR count). The van der Waals surface area contributed by atoms with Crippen LogP contribution < -0.4 is 5.32 Å². The Morgan fingerprint density at radius 1 is 1.38 bits per heavy atom. The third-order valence-electron chi connectivity index (χ3n) is 3.66. The number of thioether (sulfide) groups is 1. The molecule has 2 aromatic heterocycles. The minimum Gasteiger partial charge on any atom is -0.444 e. The number of hydrogen-bond acceptors (Lipinski definition) is 6. The van der Waals surface area contributed by atoms with Crippen molar-refractivity contribution in [1.29, 1.82) is 5.26 Å². The number of carbonyl (C=O) groups is 1. The third kappa shape index (κ3) is 3.75. The molecule has 1 aromatic carbocycles. The Labute approximate surface area is 152 Å². The molecule has 0 aliphatic rings. The van der Waals surface area contributed by atoms with Gasteiger partial charge in [-0.3, -0.25) is 15.2 Å². The molecule has 0 atom stereocenters. The molecular formula is C17H14FN5O2S. The summed E-state index contributed by atoms with van der Waals surface area (Å²) in [5.74, 6) is 0.590. The topological polar surface area (TPSA) is 108 Å². The summed E-state index contributed by atoms with van der Waals surface area (Å²) in [7, 11) is 0. The van der Waals surface area contributed by atoms with Crippen LogP contribution in [-0.4, -0.2) is 26.8 Å². The molecule has 0 fully saturated rings. The third-order valence-corrected chi connectivity index (χ3v) is 4.51. The number of nitrogens with zero attached hydrogens (tertiary/aromatic N) is 3. The molecule has 0 spiro atoms. The highest BCUT2D eigenvalue weighted by atomic mass is 32.2. The lowest BCUT2D eigenvalue weighted by Crippen LogP contribution is -2.14. The highest BCUT2D eigenvalue weighted by Crippen LogP contribution is 2.26. The Morgan fingerprint density at radius 2 is 2.12 bits per heavy atom. The number of halogens is 1. The first kappa shape index (κ1) is 17.7. The van der Waals surface area contributed by atoms with Crippen molar-refractivity contribution in [2.45, 2.75) is 19.0 Å². The molecule has 0 saturated heterocycles. The number of rotatable bonds is 5. The summed E-state index contributed by atoms with van der Waals surface area (Å²) in [5, 5.41) is 18.9. The summed E-state index contributed by atoms with van der Waals surface area (Å²) in [4.78, 5) is 16.3. The number of hydrogen-bond donors (Lipinski definition) is 2. The van der Waals surface area contributed by atoms with Gasteiger partial charge in [0.25, 0.3) is 0 Å². The molecule has 7 nitrogen and oxygen atoms in total. The van der Waals surface area contributed by atoms with E-state index in [1.54, 1.807) is 26.0 Å². The van der Waals surface area contributed by atoms with E-state index in [0.29, 0.717) is 33.4 Å². The fraction of sp³-hybridized carbons (Fsp3) is 0.176. The van der Waals surface area contributed by atoms with Crippen LogP contribution in [0, 0.1) is 31.0 Å². The van der Waals surface area contributed by atoms with Crippen LogP contribution in [0.1, 0.15) is 16.9 Å². The van der Waals surface area contributed by atoms with Crippen LogP contribution in [0.4, 0.5) is 10.3 Å². The van der Waals surface area contributed by atoms with E-state index >= 15 is 0 Å². The van der Waals surface area contributed by atoms with Crippen molar-refractivity contribution >= 4 is 23.6 Å². The molecular weight excluding hydrogens is 357 g/mol. The number of aromatic nitrogens is 3. The van der Waals surface area contributed by atoms with Crippen LogP contribution >= 0.6 is 11.8 Å². The van der Waals surface area contributed by atoms with Gasteiger partial charge in [-0.2, -0.15) is 5.26 Å². The maximum absolute atomic E-state index is 13.0. The number of benzene rings is 1. The van der Waals surface area contributed by atoms with Crippen LogP contribution in [0.15, 0.2) is 33.8 Å². The van der Waals surface area contributed by atoms with Crippen molar-refractivity contribution in [2.24, 2.45) is 0 Å². The highest BCUT2D eigenvalue weighted by molar-refractivity contribution is 7.99. The summed E-state index contributed by atoms with van der Waals surface area (Å²) < 4.78 is 18.4. The second-order valence-corrected chi connectivity index (χ2v) is 6.35. The van der Waals surface area contributed by atoms with Gasteiger partial charge >= 0.3 is 0 Å². The summed E-state index contributed by atoms with van der Waals surface area (Å²) in [6.45, 7) is 3.48. The number of anilines is 1. The molecule has 1 amide bonds. The van der Waals surface area contributed by atoms with Crippen LogP contribution in [0.3, 0.4) is 0 Å². The molecule has 9 heteroatoms. The Hall–Kier alpha value is -3.12. The Balaban J connectivity index is 1.61.